The SMILES string of the molecule is CCC1CCC(O)(CNC(=O)[C@H](N)C(C)C)CC1. The molecule has 1 amide bonds. The summed E-state index contributed by atoms with van der Waals surface area (Å²) in [4.78, 5) is 11.7. The molecule has 1 aliphatic carbocycles. The van der Waals surface area contributed by atoms with Gasteiger partial charge in [0.05, 0.1) is 11.6 Å². The Hall–Kier alpha value is -0.610. The average molecular weight is 256 g/mol. The second kappa shape index (κ2) is 6.53. The summed E-state index contributed by atoms with van der Waals surface area (Å²) in [6.45, 7) is 6.37. The molecule has 1 aliphatic rings. The molecule has 0 radical (unpaired) electrons. The van der Waals surface area contributed by atoms with Gasteiger partial charge in [-0.15, -0.1) is 0 Å². The summed E-state index contributed by atoms with van der Waals surface area (Å²) >= 11 is 0. The third-order valence-electron chi connectivity index (χ3n) is 4.23. The van der Waals surface area contributed by atoms with Gasteiger partial charge in [-0.3, -0.25) is 4.79 Å². The number of nitrogens with two attached hydrogens (primary N) is 1. The van der Waals surface area contributed by atoms with E-state index in [0.29, 0.717) is 6.54 Å². The fraction of sp³-hybridized carbons (Fsp3) is 0.929. The molecule has 4 heteroatoms. The molecule has 0 spiro atoms. The van der Waals surface area contributed by atoms with E-state index in [1.807, 2.05) is 13.8 Å². The van der Waals surface area contributed by atoms with Gasteiger partial charge in [0.15, 0.2) is 0 Å². The van der Waals surface area contributed by atoms with Gasteiger partial charge in [-0.05, 0) is 37.5 Å². The number of hydrogen-bond acceptors (Lipinski definition) is 3. The van der Waals surface area contributed by atoms with Crippen molar-refractivity contribution in [3.8, 4) is 0 Å². The zero-order valence-corrected chi connectivity index (χ0v) is 11.9. The molecule has 106 valence electrons. The van der Waals surface area contributed by atoms with Gasteiger partial charge in [-0.25, -0.2) is 0 Å². The Labute approximate surface area is 110 Å². The van der Waals surface area contributed by atoms with Crippen LogP contribution in [-0.2, 0) is 4.79 Å². The van der Waals surface area contributed by atoms with E-state index in [1.165, 1.54) is 6.42 Å². The van der Waals surface area contributed by atoms with E-state index in [2.05, 4.69) is 12.2 Å². The summed E-state index contributed by atoms with van der Waals surface area (Å²) in [6.07, 6.45) is 4.85. The standard InChI is InChI=1S/C14H28N2O2/c1-4-11-5-7-14(18,8-6-11)9-16-13(17)12(15)10(2)3/h10-12,18H,4-9,15H2,1-3H3,(H,16,17)/t11?,12-,14?/m1/s1. The molecule has 0 aliphatic heterocycles. The van der Waals surface area contributed by atoms with E-state index >= 15 is 0 Å². The number of amides is 1. The fourth-order valence-electron chi connectivity index (χ4n) is 2.47. The largest absolute Gasteiger partial charge is 0.388 e. The average Bonchev–Trinajstić information content (AvgIpc) is 2.36. The lowest BCUT2D eigenvalue weighted by atomic mass is 9.78. The summed E-state index contributed by atoms with van der Waals surface area (Å²) in [5.74, 6) is 0.699. The van der Waals surface area contributed by atoms with E-state index in [4.69, 9.17) is 5.73 Å². The van der Waals surface area contributed by atoms with Crippen molar-refractivity contribution in [2.24, 2.45) is 17.6 Å². The lowest BCUT2D eigenvalue weighted by molar-refractivity contribution is -0.125. The molecule has 1 saturated carbocycles. The highest BCUT2D eigenvalue weighted by molar-refractivity contribution is 5.81. The molecule has 0 bridgehead atoms. The molecule has 18 heavy (non-hydrogen) atoms. The van der Waals surface area contributed by atoms with Crippen LogP contribution in [0.15, 0.2) is 0 Å². The molecule has 0 aromatic rings. The zero-order chi connectivity index (χ0) is 13.8. The molecule has 4 nitrogen and oxygen atoms in total. The van der Waals surface area contributed by atoms with Gasteiger partial charge in [-0.1, -0.05) is 27.2 Å². The van der Waals surface area contributed by atoms with Crippen molar-refractivity contribution in [2.45, 2.75) is 64.5 Å². The molecule has 0 saturated heterocycles. The van der Waals surface area contributed by atoms with E-state index in [1.54, 1.807) is 0 Å². The van der Waals surface area contributed by atoms with Crippen molar-refractivity contribution < 1.29 is 9.90 Å². The predicted octanol–water partition coefficient (Wildman–Crippen LogP) is 1.42. The number of carbonyl (C=O) groups is 1. The van der Waals surface area contributed by atoms with E-state index in [9.17, 15) is 9.90 Å². The van der Waals surface area contributed by atoms with Crippen molar-refractivity contribution in [2.75, 3.05) is 6.54 Å². The topological polar surface area (TPSA) is 75.3 Å². The van der Waals surface area contributed by atoms with Crippen LogP contribution in [0.2, 0.25) is 0 Å². The van der Waals surface area contributed by atoms with Gasteiger partial charge in [0.1, 0.15) is 0 Å². The molecule has 0 heterocycles. The maximum absolute atomic E-state index is 11.7. The summed E-state index contributed by atoms with van der Waals surface area (Å²) in [5.41, 5.74) is 5.04. The van der Waals surface area contributed by atoms with Gasteiger partial charge >= 0.3 is 0 Å². The highest BCUT2D eigenvalue weighted by atomic mass is 16.3. The first kappa shape index (κ1) is 15.4. The number of rotatable bonds is 5. The summed E-state index contributed by atoms with van der Waals surface area (Å²) in [7, 11) is 0. The minimum atomic E-state index is -0.724. The van der Waals surface area contributed by atoms with Gasteiger partial charge in [0.2, 0.25) is 5.91 Å². The van der Waals surface area contributed by atoms with Crippen LogP contribution in [0.4, 0.5) is 0 Å². The van der Waals surface area contributed by atoms with Crippen molar-refractivity contribution in [3.63, 3.8) is 0 Å². The minimum Gasteiger partial charge on any atom is -0.388 e. The van der Waals surface area contributed by atoms with E-state index in [0.717, 1.165) is 31.6 Å². The monoisotopic (exact) mass is 256 g/mol. The van der Waals surface area contributed by atoms with Crippen LogP contribution in [0.1, 0.15) is 52.9 Å². The van der Waals surface area contributed by atoms with Crippen LogP contribution >= 0.6 is 0 Å². The second-order valence-electron chi connectivity index (χ2n) is 6.06. The molecule has 1 fully saturated rings. The Morgan fingerprint density at radius 1 is 1.44 bits per heavy atom. The zero-order valence-electron chi connectivity index (χ0n) is 11.9. The summed E-state index contributed by atoms with van der Waals surface area (Å²) in [5, 5.41) is 13.2. The molecule has 0 unspecified atom stereocenters. The molecule has 0 aromatic heterocycles. The second-order valence-corrected chi connectivity index (χ2v) is 6.06. The normalized spacial score (nSPS) is 30.2. The number of hydrogen-bond donors (Lipinski definition) is 3. The Bertz CT molecular complexity index is 271. The quantitative estimate of drug-likeness (QED) is 0.696. The first-order valence-corrected chi connectivity index (χ1v) is 7.13. The van der Waals surface area contributed by atoms with Crippen LogP contribution in [-0.4, -0.2) is 29.2 Å². The third-order valence-corrected chi connectivity index (χ3v) is 4.23. The summed E-state index contributed by atoms with van der Waals surface area (Å²) < 4.78 is 0. The summed E-state index contributed by atoms with van der Waals surface area (Å²) in [6, 6.07) is -0.486. The Kier molecular flexibility index (Phi) is 5.60. The Morgan fingerprint density at radius 2 is 2.00 bits per heavy atom. The lowest BCUT2D eigenvalue weighted by Crippen LogP contribution is -2.50. The number of aliphatic hydroxyl groups is 1. The molecule has 1 rings (SSSR count). The van der Waals surface area contributed by atoms with Gasteiger partial charge < -0.3 is 16.2 Å². The number of carbonyl (C=O) groups excluding carboxylic acids is 1. The molecule has 4 N–H and O–H groups in total. The first-order valence-electron chi connectivity index (χ1n) is 7.13. The maximum atomic E-state index is 11.7. The maximum Gasteiger partial charge on any atom is 0.237 e. The van der Waals surface area contributed by atoms with Crippen molar-refractivity contribution in [1.82, 2.24) is 5.32 Å². The van der Waals surface area contributed by atoms with Gasteiger partial charge in [0, 0.05) is 6.54 Å². The molecular formula is C14H28N2O2. The fourth-order valence-corrected chi connectivity index (χ4v) is 2.47. The molecular weight excluding hydrogens is 228 g/mol. The number of nitrogens with one attached hydrogen (secondary N) is 1. The van der Waals surface area contributed by atoms with Crippen LogP contribution in [0, 0.1) is 11.8 Å². The first-order chi connectivity index (χ1) is 8.38. The Balaban J connectivity index is 2.37. The highest BCUT2D eigenvalue weighted by Crippen LogP contribution is 2.33. The van der Waals surface area contributed by atoms with E-state index in [-0.39, 0.29) is 11.8 Å². The molecule has 0 aromatic carbocycles. The van der Waals surface area contributed by atoms with Gasteiger partial charge in [-0.2, -0.15) is 0 Å². The highest BCUT2D eigenvalue weighted by Gasteiger charge is 2.33. The predicted molar refractivity (Wildman–Crippen MR) is 73.0 cm³/mol. The van der Waals surface area contributed by atoms with Crippen LogP contribution in [0.25, 0.3) is 0 Å². The van der Waals surface area contributed by atoms with Crippen LogP contribution in [0.5, 0.6) is 0 Å². The van der Waals surface area contributed by atoms with Gasteiger partial charge in [0.25, 0.3) is 0 Å². The third kappa shape index (κ3) is 4.25. The van der Waals surface area contributed by atoms with E-state index < -0.39 is 11.6 Å². The van der Waals surface area contributed by atoms with Crippen LogP contribution in [0.3, 0.4) is 0 Å². The van der Waals surface area contributed by atoms with Crippen LogP contribution < -0.4 is 11.1 Å². The lowest BCUT2D eigenvalue weighted by Gasteiger charge is -2.36. The van der Waals surface area contributed by atoms with Crippen molar-refractivity contribution >= 4 is 5.91 Å². The Morgan fingerprint density at radius 3 is 2.44 bits per heavy atom. The minimum absolute atomic E-state index is 0.121. The smallest absolute Gasteiger partial charge is 0.237 e. The van der Waals surface area contributed by atoms with Crippen molar-refractivity contribution in [1.29, 1.82) is 0 Å². The molecule has 1 atom stereocenters. The van der Waals surface area contributed by atoms with Crippen molar-refractivity contribution in [3.05, 3.63) is 0 Å².